The molecule has 0 radical (unpaired) electrons. The molecule has 96 valence electrons. The number of hydrogen-bond donors (Lipinski definition) is 0. The first kappa shape index (κ1) is 11.7. The summed E-state index contributed by atoms with van der Waals surface area (Å²) in [6, 6.07) is 22.7. The molecule has 1 heterocycles. The highest BCUT2D eigenvalue weighted by molar-refractivity contribution is 9.10. The van der Waals surface area contributed by atoms with Gasteiger partial charge in [0, 0.05) is 20.8 Å². The van der Waals surface area contributed by atoms with E-state index >= 15 is 0 Å². The van der Waals surface area contributed by atoms with E-state index in [1.807, 2.05) is 36.4 Å². The zero-order chi connectivity index (χ0) is 13.5. The van der Waals surface area contributed by atoms with Crippen LogP contribution in [0.3, 0.4) is 0 Å². The maximum atomic E-state index is 6.09. The molecule has 4 rings (SSSR count). The molecule has 0 amide bonds. The molecule has 0 unspecified atom stereocenters. The lowest BCUT2D eigenvalue weighted by Gasteiger charge is -2.01. The smallest absolute Gasteiger partial charge is 0.143 e. The molecule has 4 aromatic rings. The van der Waals surface area contributed by atoms with Gasteiger partial charge in [-0.2, -0.15) is 0 Å². The van der Waals surface area contributed by atoms with Gasteiger partial charge in [-0.15, -0.1) is 0 Å². The molecule has 1 nitrogen and oxygen atoms in total. The molecule has 0 spiro atoms. The lowest BCUT2D eigenvalue weighted by Crippen LogP contribution is -1.77. The van der Waals surface area contributed by atoms with E-state index < -0.39 is 0 Å². The van der Waals surface area contributed by atoms with Gasteiger partial charge in [-0.3, -0.25) is 0 Å². The zero-order valence-corrected chi connectivity index (χ0v) is 12.2. The Labute approximate surface area is 125 Å². The fraction of sp³-hybridized carbons (Fsp3) is 0. The predicted octanol–water partition coefficient (Wildman–Crippen LogP) is 6.02. The van der Waals surface area contributed by atoms with E-state index in [0.717, 1.165) is 32.0 Å². The Kier molecular flexibility index (Phi) is 2.64. The lowest BCUT2D eigenvalue weighted by molar-refractivity contribution is 0.670. The van der Waals surface area contributed by atoms with Crippen LogP contribution < -0.4 is 0 Å². The third-order valence-electron chi connectivity index (χ3n) is 3.56. The van der Waals surface area contributed by atoms with Gasteiger partial charge in [-0.05, 0) is 17.7 Å². The first-order valence-corrected chi connectivity index (χ1v) is 7.29. The Bertz CT molecular complexity index is 907. The SMILES string of the molecule is Brc1cccc2oc3c(-c4ccccc4)cccc3c12. The van der Waals surface area contributed by atoms with Crippen molar-refractivity contribution in [3.8, 4) is 11.1 Å². The average molecular weight is 323 g/mol. The van der Waals surface area contributed by atoms with Crippen LogP contribution in [0.25, 0.3) is 33.1 Å². The van der Waals surface area contributed by atoms with Crippen LogP contribution in [-0.4, -0.2) is 0 Å². The third-order valence-corrected chi connectivity index (χ3v) is 4.22. The van der Waals surface area contributed by atoms with Gasteiger partial charge < -0.3 is 4.42 Å². The number of para-hydroxylation sites is 1. The van der Waals surface area contributed by atoms with Crippen LogP contribution >= 0.6 is 15.9 Å². The molecule has 3 aromatic carbocycles. The van der Waals surface area contributed by atoms with E-state index in [0.29, 0.717) is 0 Å². The van der Waals surface area contributed by atoms with E-state index in [1.165, 1.54) is 5.56 Å². The lowest BCUT2D eigenvalue weighted by atomic mass is 10.0. The van der Waals surface area contributed by atoms with E-state index in [9.17, 15) is 0 Å². The van der Waals surface area contributed by atoms with Crippen LogP contribution in [0.15, 0.2) is 75.6 Å². The molecule has 0 atom stereocenters. The van der Waals surface area contributed by atoms with Crippen molar-refractivity contribution in [1.82, 2.24) is 0 Å². The zero-order valence-electron chi connectivity index (χ0n) is 10.6. The standard InChI is InChI=1S/C18H11BrO/c19-15-10-5-11-16-17(15)14-9-4-8-13(18(14)20-16)12-6-2-1-3-7-12/h1-11H. The summed E-state index contributed by atoms with van der Waals surface area (Å²) < 4.78 is 7.16. The highest BCUT2D eigenvalue weighted by Crippen LogP contribution is 2.38. The molecular formula is C18H11BrO. The summed E-state index contributed by atoms with van der Waals surface area (Å²) in [6.45, 7) is 0. The van der Waals surface area contributed by atoms with Crippen LogP contribution in [-0.2, 0) is 0 Å². The van der Waals surface area contributed by atoms with Crippen LogP contribution in [0, 0.1) is 0 Å². The number of halogens is 1. The molecule has 0 N–H and O–H groups in total. The molecule has 0 aliphatic carbocycles. The number of rotatable bonds is 1. The van der Waals surface area contributed by atoms with Crippen LogP contribution in [0.1, 0.15) is 0 Å². The Morgan fingerprint density at radius 1 is 0.750 bits per heavy atom. The minimum absolute atomic E-state index is 0.915. The van der Waals surface area contributed by atoms with Gasteiger partial charge >= 0.3 is 0 Å². The fourth-order valence-electron chi connectivity index (χ4n) is 2.65. The minimum Gasteiger partial charge on any atom is -0.455 e. The number of hydrogen-bond acceptors (Lipinski definition) is 1. The summed E-state index contributed by atoms with van der Waals surface area (Å²) in [5.74, 6) is 0. The molecular weight excluding hydrogens is 312 g/mol. The Balaban J connectivity index is 2.14. The second-order valence-electron chi connectivity index (χ2n) is 4.76. The van der Waals surface area contributed by atoms with Crippen LogP contribution in [0.5, 0.6) is 0 Å². The Hall–Kier alpha value is -2.06. The number of fused-ring (bicyclic) bond motifs is 3. The third kappa shape index (κ3) is 1.69. The van der Waals surface area contributed by atoms with Crippen LogP contribution in [0.4, 0.5) is 0 Å². The largest absolute Gasteiger partial charge is 0.455 e. The number of furan rings is 1. The fourth-order valence-corrected chi connectivity index (χ4v) is 3.21. The van der Waals surface area contributed by atoms with Crippen molar-refractivity contribution >= 4 is 37.9 Å². The average Bonchev–Trinajstić information content (AvgIpc) is 2.88. The summed E-state index contributed by atoms with van der Waals surface area (Å²) >= 11 is 3.62. The van der Waals surface area contributed by atoms with Crippen molar-refractivity contribution in [2.45, 2.75) is 0 Å². The van der Waals surface area contributed by atoms with Crippen molar-refractivity contribution in [1.29, 1.82) is 0 Å². The number of benzene rings is 3. The summed E-state index contributed by atoms with van der Waals surface area (Å²) in [5, 5.41) is 2.29. The molecule has 20 heavy (non-hydrogen) atoms. The van der Waals surface area contributed by atoms with Crippen molar-refractivity contribution in [3.05, 3.63) is 71.2 Å². The molecule has 2 heteroatoms. The highest BCUT2D eigenvalue weighted by atomic mass is 79.9. The summed E-state index contributed by atoms with van der Waals surface area (Å²) in [7, 11) is 0. The quantitative estimate of drug-likeness (QED) is 0.418. The van der Waals surface area contributed by atoms with Crippen molar-refractivity contribution < 1.29 is 4.42 Å². The topological polar surface area (TPSA) is 13.1 Å². The van der Waals surface area contributed by atoms with Crippen molar-refractivity contribution in [2.75, 3.05) is 0 Å². The summed E-state index contributed by atoms with van der Waals surface area (Å²) in [4.78, 5) is 0. The van der Waals surface area contributed by atoms with E-state index in [-0.39, 0.29) is 0 Å². The van der Waals surface area contributed by atoms with Crippen molar-refractivity contribution in [2.24, 2.45) is 0 Å². The van der Waals surface area contributed by atoms with Gasteiger partial charge in [0.1, 0.15) is 11.2 Å². The van der Waals surface area contributed by atoms with E-state index in [2.05, 4.69) is 46.3 Å². The first-order valence-electron chi connectivity index (χ1n) is 6.50. The van der Waals surface area contributed by atoms with Gasteiger partial charge in [0.2, 0.25) is 0 Å². The molecule has 0 fully saturated rings. The van der Waals surface area contributed by atoms with Crippen molar-refractivity contribution in [3.63, 3.8) is 0 Å². The van der Waals surface area contributed by atoms with Crippen LogP contribution in [0.2, 0.25) is 0 Å². The molecule has 1 aromatic heterocycles. The first-order chi connectivity index (χ1) is 9.84. The van der Waals surface area contributed by atoms with Gasteiger partial charge in [0.15, 0.2) is 0 Å². The summed E-state index contributed by atoms with van der Waals surface area (Å²) in [5.41, 5.74) is 4.16. The summed E-state index contributed by atoms with van der Waals surface area (Å²) in [6.07, 6.45) is 0. The van der Waals surface area contributed by atoms with Gasteiger partial charge in [0.25, 0.3) is 0 Å². The Morgan fingerprint density at radius 2 is 1.55 bits per heavy atom. The Morgan fingerprint density at radius 3 is 2.40 bits per heavy atom. The molecule has 0 aliphatic heterocycles. The normalized spacial score (nSPS) is 11.2. The minimum atomic E-state index is 0.915. The highest BCUT2D eigenvalue weighted by Gasteiger charge is 2.13. The maximum absolute atomic E-state index is 6.09. The monoisotopic (exact) mass is 322 g/mol. The molecule has 0 saturated carbocycles. The maximum Gasteiger partial charge on any atom is 0.143 e. The second-order valence-corrected chi connectivity index (χ2v) is 5.62. The van der Waals surface area contributed by atoms with E-state index in [1.54, 1.807) is 0 Å². The second kappa shape index (κ2) is 4.50. The molecule has 0 saturated heterocycles. The molecule has 0 aliphatic rings. The van der Waals surface area contributed by atoms with Gasteiger partial charge in [-0.25, -0.2) is 0 Å². The van der Waals surface area contributed by atoms with Gasteiger partial charge in [-0.1, -0.05) is 70.5 Å². The predicted molar refractivity (Wildman–Crippen MR) is 86.9 cm³/mol. The molecule has 0 bridgehead atoms. The van der Waals surface area contributed by atoms with E-state index in [4.69, 9.17) is 4.42 Å². The van der Waals surface area contributed by atoms with Gasteiger partial charge in [0.05, 0.1) is 0 Å².